The lowest BCUT2D eigenvalue weighted by molar-refractivity contribution is -1.92. The number of urea groups is 1. The fraction of sp³-hybridized carbons (Fsp3) is 0.568. The van der Waals surface area contributed by atoms with Gasteiger partial charge < -0.3 is 31.0 Å². The Morgan fingerprint density at radius 3 is 2.34 bits per heavy atom. The number of halogens is 1. The molecule has 0 radical (unpaired) electrons. The van der Waals surface area contributed by atoms with Gasteiger partial charge in [-0.05, 0) is 95.0 Å². The number of hydrogen-bond donors (Lipinski definition) is 6. The first-order chi connectivity index (χ1) is 25.3. The van der Waals surface area contributed by atoms with Crippen molar-refractivity contribution >= 4 is 46.3 Å². The van der Waals surface area contributed by atoms with E-state index in [1.165, 1.54) is 0 Å². The lowest BCUT2D eigenvalue weighted by Gasteiger charge is -2.18. The second-order valence-electron chi connectivity index (χ2n) is 13.4. The van der Waals surface area contributed by atoms with Crippen molar-refractivity contribution in [3.8, 4) is 11.3 Å². The molecule has 3 aliphatic heterocycles. The monoisotopic (exact) mass is 776 g/mol. The van der Waals surface area contributed by atoms with Gasteiger partial charge in [-0.2, -0.15) is 25.7 Å². The lowest BCUT2D eigenvalue weighted by Crippen LogP contribution is -2.58. The Balaban J connectivity index is 0.00000117. The normalized spacial score (nSPS) is 18.3. The van der Waals surface area contributed by atoms with Crippen LogP contribution in [0.4, 0.5) is 10.5 Å². The van der Waals surface area contributed by atoms with Gasteiger partial charge in [-0.25, -0.2) is 4.79 Å². The van der Waals surface area contributed by atoms with Crippen LogP contribution in [0, 0.1) is 24.1 Å². The molecule has 14 nitrogen and oxygen atoms in total. The zero-order valence-electron chi connectivity index (χ0n) is 31.0. The molecule has 2 saturated heterocycles. The molecule has 3 atom stereocenters. The van der Waals surface area contributed by atoms with E-state index in [2.05, 4.69) is 70.5 Å². The molecular weight excluding hydrogens is 724 g/mol. The van der Waals surface area contributed by atoms with Gasteiger partial charge in [0, 0.05) is 78.8 Å². The maximum atomic E-state index is 12.9. The minimum Gasteiger partial charge on any atom is -0.456 e. The Labute approximate surface area is 317 Å². The second kappa shape index (κ2) is 20.2. The number of amides is 4. The molecule has 292 valence electrons. The average molecular weight is 777 g/mol. The van der Waals surface area contributed by atoms with Gasteiger partial charge in [0.1, 0.15) is 11.3 Å². The van der Waals surface area contributed by atoms with Crippen molar-refractivity contribution in [2.75, 3.05) is 37.2 Å². The minimum absolute atomic E-state index is 0.0406. The third-order valence-electron chi connectivity index (χ3n) is 9.37. The zero-order valence-corrected chi connectivity index (χ0v) is 32.6. The van der Waals surface area contributed by atoms with Crippen LogP contribution in [0.3, 0.4) is 0 Å². The molecule has 5 rings (SSSR count). The fourth-order valence-corrected chi connectivity index (χ4v) is 8.38. The molecule has 0 aromatic heterocycles. The quantitative estimate of drug-likeness (QED) is 0.0657. The fourth-order valence-electron chi connectivity index (χ4n) is 6.83. The third kappa shape index (κ3) is 13.0. The highest BCUT2D eigenvalue weighted by Gasteiger charge is 2.42. The van der Waals surface area contributed by atoms with Gasteiger partial charge in [0.2, 0.25) is 11.8 Å². The van der Waals surface area contributed by atoms with Gasteiger partial charge in [0.15, 0.2) is 0 Å². The number of nitrogens with one attached hydrogen (secondary N) is 5. The van der Waals surface area contributed by atoms with Gasteiger partial charge in [0.05, 0.1) is 32.3 Å². The zero-order chi connectivity index (χ0) is 38.5. The highest BCUT2D eigenvalue weighted by molar-refractivity contribution is 8.00. The third-order valence-corrected chi connectivity index (χ3v) is 10.9. The summed E-state index contributed by atoms with van der Waals surface area (Å²) < 4.78 is 39.1. The summed E-state index contributed by atoms with van der Waals surface area (Å²) in [6.07, 6.45) is 7.12. The van der Waals surface area contributed by atoms with Crippen molar-refractivity contribution in [1.29, 1.82) is 0 Å². The molecule has 3 unspecified atom stereocenters. The summed E-state index contributed by atoms with van der Waals surface area (Å²) in [6, 6.07) is 8.82. The Kier molecular flexibility index (Phi) is 16.1. The molecular formula is C37H53ClN6O8S. The molecule has 0 spiro atoms. The van der Waals surface area contributed by atoms with Crippen molar-refractivity contribution in [1.82, 2.24) is 21.3 Å². The van der Waals surface area contributed by atoms with Crippen LogP contribution in [0.2, 0.25) is 0 Å². The van der Waals surface area contributed by atoms with Gasteiger partial charge in [0.25, 0.3) is 0 Å². The molecule has 16 heteroatoms. The van der Waals surface area contributed by atoms with Crippen LogP contribution >= 0.6 is 11.8 Å². The minimum atomic E-state index is -4.69. The van der Waals surface area contributed by atoms with E-state index in [0.29, 0.717) is 44.1 Å². The average Bonchev–Trinajstić information content (AvgIpc) is 3.64. The predicted molar refractivity (Wildman–Crippen MR) is 197 cm³/mol. The van der Waals surface area contributed by atoms with Gasteiger partial charge >= 0.3 is 6.03 Å². The van der Waals surface area contributed by atoms with Crippen molar-refractivity contribution in [2.45, 2.75) is 103 Å². The number of carbonyl (C=O) groups excluding carboxylic acids is 3. The van der Waals surface area contributed by atoms with E-state index in [0.717, 1.165) is 101 Å². The van der Waals surface area contributed by atoms with Gasteiger partial charge in [-0.15, -0.1) is 0 Å². The highest BCUT2D eigenvalue weighted by Crippen LogP contribution is 2.37. The number of rotatable bonds is 17. The summed E-state index contributed by atoms with van der Waals surface area (Å²) in [5, 5.41) is 18.0. The van der Waals surface area contributed by atoms with Crippen LogP contribution in [0.1, 0.15) is 81.9 Å². The highest BCUT2D eigenvalue weighted by atomic mass is 35.7. The molecule has 3 heterocycles. The number of fused-ring (bicyclic) bond motifs is 3. The van der Waals surface area contributed by atoms with E-state index in [-0.39, 0.29) is 29.9 Å². The Morgan fingerprint density at radius 1 is 0.962 bits per heavy atom. The maximum absolute atomic E-state index is 12.9. The summed E-state index contributed by atoms with van der Waals surface area (Å²) in [5.41, 5.74) is 6.25. The van der Waals surface area contributed by atoms with E-state index in [4.69, 9.17) is 23.1 Å². The largest absolute Gasteiger partial charge is 0.456 e. The van der Waals surface area contributed by atoms with Crippen LogP contribution in [0.5, 0.6) is 0 Å². The van der Waals surface area contributed by atoms with E-state index < -0.39 is 10.2 Å². The SMILES string of the molecule is CCN=c1cc2oc3cc(NCC)c(C)cc3c(CCC(=O)NCCCCCNC(=O)CCCCC3SCC4NC(=O)NC43)c-2cc1C.[O-][Cl+3]([O-])([O-])O. The summed E-state index contributed by atoms with van der Waals surface area (Å²) >= 11 is 1.91. The summed E-state index contributed by atoms with van der Waals surface area (Å²) in [4.78, 5) is 41.4. The lowest BCUT2D eigenvalue weighted by atomic mass is 9.93. The van der Waals surface area contributed by atoms with Crippen LogP contribution in [0.25, 0.3) is 22.3 Å². The molecule has 0 bridgehead atoms. The first kappa shape index (κ1) is 42.1. The number of hydrogen-bond acceptors (Lipinski definition) is 11. The molecule has 1 aliphatic carbocycles. The number of anilines is 1. The van der Waals surface area contributed by atoms with E-state index in [9.17, 15) is 14.4 Å². The first-order valence-corrected chi connectivity index (χ1v) is 20.7. The molecule has 4 aliphatic rings. The molecule has 4 amide bonds. The number of unbranched alkanes of at least 4 members (excludes halogenated alkanes) is 3. The topological polar surface area (TPSA) is 226 Å². The van der Waals surface area contributed by atoms with Crippen LogP contribution in [0.15, 0.2) is 33.7 Å². The number of nitrogens with zero attached hydrogens (tertiary/aromatic N) is 1. The number of aryl methyl sites for hydroxylation is 3. The van der Waals surface area contributed by atoms with Gasteiger partial charge in [-0.1, -0.05) is 6.42 Å². The number of benzene rings is 2. The molecule has 2 fully saturated rings. The second-order valence-corrected chi connectivity index (χ2v) is 15.5. The van der Waals surface area contributed by atoms with E-state index in [1.807, 2.05) is 24.8 Å². The molecule has 53 heavy (non-hydrogen) atoms. The molecule has 0 saturated carbocycles. The molecule has 6 N–H and O–H groups in total. The van der Waals surface area contributed by atoms with Crippen LogP contribution < -0.4 is 45.9 Å². The summed E-state index contributed by atoms with van der Waals surface area (Å²) in [5.74, 6) is 1.89. The van der Waals surface area contributed by atoms with Crippen molar-refractivity contribution in [3.63, 3.8) is 0 Å². The van der Waals surface area contributed by atoms with Crippen molar-refractivity contribution in [3.05, 3.63) is 46.3 Å². The smallest absolute Gasteiger partial charge is 0.315 e. The van der Waals surface area contributed by atoms with Crippen molar-refractivity contribution in [2.24, 2.45) is 4.99 Å². The Hall–Kier alpha value is -3.60. The van der Waals surface area contributed by atoms with Gasteiger partial charge in [-0.3, -0.25) is 14.6 Å². The number of carbonyl (C=O) groups is 3. The van der Waals surface area contributed by atoms with E-state index >= 15 is 0 Å². The first-order valence-electron chi connectivity index (χ1n) is 18.4. The standard InChI is InChI=1S/C37H52N6O4S.ClHO4/c1-5-38-28-20-31-26(18-23(28)3)25(27-19-24(4)29(39-6-2)21-32(27)47-31)14-15-35(45)41-17-11-7-10-16-40-34(44)13-9-8-12-33-36-30(22-48-33)42-37(46)43-36;2-1(3,4)5/h18-21,30,33,36,38H,5-17,22H2,1-4H3,(H,40,44)(H,41,45)(H2,42,43,46);(H,2,3,4,5). The number of thioether (sulfide) groups is 1. The maximum Gasteiger partial charge on any atom is 0.315 e. The van der Waals surface area contributed by atoms with Crippen LogP contribution in [-0.4, -0.2) is 71.8 Å². The molecule has 1 aromatic rings. The summed E-state index contributed by atoms with van der Waals surface area (Å²) in [6.45, 7) is 11.1. The van der Waals surface area contributed by atoms with Crippen molar-refractivity contribution < 1.29 is 47.7 Å². The van der Waals surface area contributed by atoms with E-state index in [1.54, 1.807) is 0 Å². The Bertz CT molecular complexity index is 1740. The summed E-state index contributed by atoms with van der Waals surface area (Å²) in [7, 11) is -4.69. The van der Waals surface area contributed by atoms with Crippen LogP contribution in [-0.2, 0) is 16.0 Å². The predicted octanol–water partition coefficient (Wildman–Crippen LogP) is 1.44. The molecule has 1 aromatic carbocycles. The Morgan fingerprint density at radius 2 is 1.66 bits per heavy atom.